The van der Waals surface area contributed by atoms with Gasteiger partial charge in [-0.2, -0.15) is 0 Å². The van der Waals surface area contributed by atoms with E-state index in [9.17, 15) is 14.1 Å². The third kappa shape index (κ3) is 2.30. The minimum absolute atomic E-state index is 0.262. The Bertz CT molecular complexity index is 697. The second-order valence-electron chi connectivity index (χ2n) is 4.58. The van der Waals surface area contributed by atoms with Crippen LogP contribution in [0.2, 0.25) is 0 Å². The Balaban J connectivity index is 2.05. The molecule has 1 saturated heterocycles. The van der Waals surface area contributed by atoms with E-state index in [1.54, 1.807) is 18.2 Å². The molecule has 2 unspecified atom stereocenters. The van der Waals surface area contributed by atoms with E-state index in [2.05, 4.69) is 5.32 Å². The number of hydrogen-bond donors (Lipinski definition) is 1. The van der Waals surface area contributed by atoms with Gasteiger partial charge in [0.2, 0.25) is 11.8 Å². The summed E-state index contributed by atoms with van der Waals surface area (Å²) < 4.78 is 16.7. The molecule has 2 amide bonds. The van der Waals surface area contributed by atoms with Crippen LogP contribution in [0.5, 0.6) is 0 Å². The zero-order chi connectivity index (χ0) is 14.3. The number of carbonyl (C=O) groups is 2. The van der Waals surface area contributed by atoms with E-state index in [0.29, 0.717) is 34.3 Å². The molecule has 1 fully saturated rings. The van der Waals surface area contributed by atoms with Crippen LogP contribution >= 0.6 is 10.7 Å². The standard InChI is InChI=1S/C13H10ClNO4S/c14-20(18)7-1-3-11-9(5-7)10(6-19-11)8-2-4-12(16)15-13(8)17/h1,3,5-6,8H,2,4H2,(H,15,16,17). The Kier molecular flexibility index (Phi) is 3.45. The molecule has 1 N–H and O–H groups in total. The first-order chi connectivity index (χ1) is 9.56. The fraction of sp³-hybridized carbons (Fsp3) is 0.231. The van der Waals surface area contributed by atoms with E-state index in [-0.39, 0.29) is 11.8 Å². The minimum Gasteiger partial charge on any atom is -0.594 e. The fourth-order valence-corrected chi connectivity index (χ4v) is 3.06. The molecule has 5 nitrogen and oxygen atoms in total. The van der Waals surface area contributed by atoms with Crippen LogP contribution in [0.15, 0.2) is 33.8 Å². The Labute approximate surface area is 122 Å². The number of amides is 2. The summed E-state index contributed by atoms with van der Waals surface area (Å²) in [7, 11) is 3.95. The van der Waals surface area contributed by atoms with Crippen LogP contribution < -0.4 is 5.32 Å². The molecule has 1 aromatic heterocycles. The SMILES string of the molecule is O=C1CCC(c2coc3ccc([S+]([O-])Cl)cc23)C(=O)N1. The summed E-state index contributed by atoms with van der Waals surface area (Å²) >= 11 is 0. The lowest BCUT2D eigenvalue weighted by Crippen LogP contribution is -2.39. The summed E-state index contributed by atoms with van der Waals surface area (Å²) in [4.78, 5) is 23.5. The van der Waals surface area contributed by atoms with E-state index in [1.165, 1.54) is 6.26 Å². The number of furan rings is 1. The average molecular weight is 312 g/mol. The van der Waals surface area contributed by atoms with Crippen molar-refractivity contribution in [3.8, 4) is 0 Å². The predicted molar refractivity (Wildman–Crippen MR) is 73.6 cm³/mol. The molecule has 0 bridgehead atoms. The van der Waals surface area contributed by atoms with Crippen LogP contribution in [0.3, 0.4) is 0 Å². The summed E-state index contributed by atoms with van der Waals surface area (Å²) in [6, 6.07) is 4.94. The fourth-order valence-electron chi connectivity index (χ4n) is 2.39. The van der Waals surface area contributed by atoms with Crippen LogP contribution in [-0.2, 0) is 20.0 Å². The maximum atomic E-state index is 11.9. The van der Waals surface area contributed by atoms with Crippen molar-refractivity contribution in [1.29, 1.82) is 0 Å². The van der Waals surface area contributed by atoms with Gasteiger partial charge in [0.25, 0.3) is 0 Å². The molecule has 1 aromatic carbocycles. The van der Waals surface area contributed by atoms with Crippen molar-refractivity contribution in [2.45, 2.75) is 23.7 Å². The van der Waals surface area contributed by atoms with Crippen molar-refractivity contribution in [1.82, 2.24) is 5.32 Å². The van der Waals surface area contributed by atoms with E-state index in [1.807, 2.05) is 0 Å². The van der Waals surface area contributed by atoms with Crippen molar-refractivity contribution >= 4 is 43.9 Å². The van der Waals surface area contributed by atoms with Crippen LogP contribution in [0, 0.1) is 0 Å². The Morgan fingerprint density at radius 2 is 2.20 bits per heavy atom. The van der Waals surface area contributed by atoms with Crippen molar-refractivity contribution < 1.29 is 18.6 Å². The monoisotopic (exact) mass is 311 g/mol. The molecule has 2 atom stereocenters. The molecule has 0 aliphatic carbocycles. The first-order valence-electron chi connectivity index (χ1n) is 5.99. The number of piperidine rings is 1. The summed E-state index contributed by atoms with van der Waals surface area (Å²) in [6.45, 7) is 0. The predicted octanol–water partition coefficient (Wildman–Crippen LogP) is 2.21. The van der Waals surface area contributed by atoms with Gasteiger partial charge in [-0.15, -0.1) is 0 Å². The van der Waals surface area contributed by atoms with Crippen molar-refractivity contribution in [2.75, 3.05) is 0 Å². The van der Waals surface area contributed by atoms with E-state index in [0.717, 1.165) is 0 Å². The highest BCUT2D eigenvalue weighted by Gasteiger charge is 2.30. The van der Waals surface area contributed by atoms with Gasteiger partial charge in [0.1, 0.15) is 16.0 Å². The molecule has 104 valence electrons. The number of carbonyl (C=O) groups excluding carboxylic acids is 2. The molecular weight excluding hydrogens is 302 g/mol. The summed E-state index contributed by atoms with van der Waals surface area (Å²) in [5.41, 5.74) is 1.28. The second kappa shape index (κ2) is 5.12. The topological polar surface area (TPSA) is 82.4 Å². The van der Waals surface area contributed by atoms with Crippen molar-refractivity contribution in [2.24, 2.45) is 0 Å². The highest BCUT2D eigenvalue weighted by Crippen LogP contribution is 2.34. The Morgan fingerprint density at radius 1 is 1.40 bits per heavy atom. The molecule has 1 aliphatic rings. The maximum Gasteiger partial charge on any atom is 0.234 e. The van der Waals surface area contributed by atoms with Gasteiger partial charge in [-0.25, -0.2) is 0 Å². The molecular formula is C13H10ClNO4S. The largest absolute Gasteiger partial charge is 0.594 e. The second-order valence-corrected chi connectivity index (χ2v) is 6.34. The molecule has 2 aromatic rings. The third-order valence-corrected chi connectivity index (χ3v) is 4.53. The molecule has 3 rings (SSSR count). The molecule has 2 heterocycles. The van der Waals surface area contributed by atoms with Crippen LogP contribution in [0.25, 0.3) is 11.0 Å². The van der Waals surface area contributed by atoms with Gasteiger partial charge >= 0.3 is 0 Å². The molecule has 0 saturated carbocycles. The highest BCUT2D eigenvalue weighted by molar-refractivity contribution is 8.13. The molecule has 0 spiro atoms. The molecule has 0 radical (unpaired) electrons. The number of nitrogens with one attached hydrogen (secondary N) is 1. The average Bonchev–Trinajstić information content (AvgIpc) is 2.81. The number of benzene rings is 1. The first-order valence-corrected chi connectivity index (χ1v) is 7.97. The van der Waals surface area contributed by atoms with Gasteiger partial charge in [0, 0.05) is 23.4 Å². The lowest BCUT2D eigenvalue weighted by atomic mass is 9.90. The third-order valence-electron chi connectivity index (χ3n) is 3.37. The maximum absolute atomic E-state index is 11.9. The summed E-state index contributed by atoms with van der Waals surface area (Å²) in [6.07, 6.45) is 2.24. The van der Waals surface area contributed by atoms with Gasteiger partial charge in [-0.1, -0.05) is 0 Å². The number of imide groups is 1. The zero-order valence-corrected chi connectivity index (χ0v) is 11.8. The van der Waals surface area contributed by atoms with Gasteiger partial charge in [0.05, 0.1) is 12.2 Å². The summed E-state index contributed by atoms with van der Waals surface area (Å²) in [5, 5.41) is 3.01. The van der Waals surface area contributed by atoms with Gasteiger partial charge in [-0.3, -0.25) is 14.9 Å². The first kappa shape index (κ1) is 13.5. The highest BCUT2D eigenvalue weighted by atomic mass is 35.7. The van der Waals surface area contributed by atoms with Crippen molar-refractivity contribution in [3.63, 3.8) is 0 Å². The van der Waals surface area contributed by atoms with Crippen molar-refractivity contribution in [3.05, 3.63) is 30.0 Å². The lowest BCUT2D eigenvalue weighted by Gasteiger charge is -2.19. The number of rotatable bonds is 2. The number of fused-ring (bicyclic) bond motifs is 1. The van der Waals surface area contributed by atoms with Crippen LogP contribution in [-0.4, -0.2) is 16.4 Å². The van der Waals surface area contributed by atoms with Gasteiger partial charge in [-0.05, 0) is 18.6 Å². The number of hydrogen-bond acceptors (Lipinski definition) is 4. The minimum atomic E-state index is -1.62. The smallest absolute Gasteiger partial charge is 0.234 e. The van der Waals surface area contributed by atoms with E-state index >= 15 is 0 Å². The van der Waals surface area contributed by atoms with Gasteiger partial charge in [0.15, 0.2) is 15.6 Å². The normalized spacial score (nSPS) is 21.0. The van der Waals surface area contributed by atoms with Crippen LogP contribution in [0.1, 0.15) is 24.3 Å². The zero-order valence-electron chi connectivity index (χ0n) is 10.2. The van der Waals surface area contributed by atoms with Crippen LogP contribution in [0.4, 0.5) is 0 Å². The molecule has 7 heteroatoms. The number of halogens is 1. The molecule has 20 heavy (non-hydrogen) atoms. The van der Waals surface area contributed by atoms with E-state index in [4.69, 9.17) is 15.1 Å². The Hall–Kier alpha value is -1.50. The summed E-state index contributed by atoms with van der Waals surface area (Å²) in [5.74, 6) is -1.03. The molecule has 1 aliphatic heterocycles. The Morgan fingerprint density at radius 3 is 2.90 bits per heavy atom. The van der Waals surface area contributed by atoms with E-state index < -0.39 is 16.3 Å². The van der Waals surface area contributed by atoms with Gasteiger partial charge < -0.3 is 8.97 Å². The lowest BCUT2D eigenvalue weighted by molar-refractivity contribution is -0.134. The quantitative estimate of drug-likeness (QED) is 0.681.